The quantitative estimate of drug-likeness (QED) is 0.155. The largest absolute Gasteiger partial charge is 0.447 e. The van der Waals surface area contributed by atoms with Crippen LogP contribution in [0.15, 0.2) is 12.7 Å². The van der Waals surface area contributed by atoms with Crippen LogP contribution in [-0.2, 0) is 9.47 Å². The number of rotatable bonds is 22. The summed E-state index contributed by atoms with van der Waals surface area (Å²) in [5, 5.41) is 2.79. The van der Waals surface area contributed by atoms with Gasteiger partial charge < -0.3 is 14.8 Å². The molecular formula is C24H47NO3. The van der Waals surface area contributed by atoms with Gasteiger partial charge in [0.1, 0.15) is 6.61 Å². The van der Waals surface area contributed by atoms with Crippen LogP contribution in [0.3, 0.4) is 0 Å². The molecule has 0 saturated carbocycles. The Balaban J connectivity index is 3.09. The first-order chi connectivity index (χ1) is 13.8. The Hall–Kier alpha value is -1.03. The second-order valence-corrected chi connectivity index (χ2v) is 7.73. The van der Waals surface area contributed by atoms with Crippen molar-refractivity contribution < 1.29 is 14.3 Å². The summed E-state index contributed by atoms with van der Waals surface area (Å²) >= 11 is 0. The van der Waals surface area contributed by atoms with E-state index in [0.717, 1.165) is 6.42 Å². The van der Waals surface area contributed by atoms with E-state index in [1.165, 1.54) is 96.3 Å². The number of nitrogens with one attached hydrogen (secondary N) is 1. The highest BCUT2D eigenvalue weighted by Gasteiger charge is 2.00. The molecule has 0 radical (unpaired) electrons. The van der Waals surface area contributed by atoms with Crippen molar-refractivity contribution in [2.45, 2.75) is 110 Å². The van der Waals surface area contributed by atoms with Crippen LogP contribution in [0.2, 0.25) is 0 Å². The Morgan fingerprint density at radius 1 is 0.750 bits per heavy atom. The summed E-state index contributed by atoms with van der Waals surface area (Å²) in [5.41, 5.74) is 0. The van der Waals surface area contributed by atoms with Gasteiger partial charge >= 0.3 is 6.09 Å². The number of unbranched alkanes of at least 4 members (excludes halogenated alkanes) is 15. The Kier molecular flexibility index (Phi) is 23.1. The molecule has 0 spiro atoms. The number of amides is 1. The first-order valence-corrected chi connectivity index (χ1v) is 11.9. The topological polar surface area (TPSA) is 47.6 Å². The minimum atomic E-state index is -0.344. The predicted molar refractivity (Wildman–Crippen MR) is 120 cm³/mol. The van der Waals surface area contributed by atoms with Crippen LogP contribution < -0.4 is 5.32 Å². The minimum Gasteiger partial charge on any atom is -0.447 e. The summed E-state index contributed by atoms with van der Waals surface area (Å²) in [6, 6.07) is 0. The van der Waals surface area contributed by atoms with Crippen LogP contribution >= 0.6 is 0 Å². The zero-order valence-electron chi connectivity index (χ0n) is 18.7. The first-order valence-electron chi connectivity index (χ1n) is 11.9. The van der Waals surface area contributed by atoms with Gasteiger partial charge in [-0.05, 0) is 6.42 Å². The lowest BCUT2D eigenvalue weighted by molar-refractivity contribution is 0.0853. The van der Waals surface area contributed by atoms with Crippen LogP contribution in [0.25, 0.3) is 0 Å². The normalized spacial score (nSPS) is 10.8. The molecule has 0 aliphatic carbocycles. The van der Waals surface area contributed by atoms with Crippen molar-refractivity contribution in [3.63, 3.8) is 0 Å². The van der Waals surface area contributed by atoms with E-state index < -0.39 is 0 Å². The predicted octanol–water partition coefficient (Wildman–Crippen LogP) is 7.18. The van der Waals surface area contributed by atoms with Gasteiger partial charge in [0.2, 0.25) is 0 Å². The molecule has 28 heavy (non-hydrogen) atoms. The summed E-state index contributed by atoms with van der Waals surface area (Å²) < 4.78 is 10.2. The van der Waals surface area contributed by atoms with Crippen LogP contribution in [-0.4, -0.2) is 32.5 Å². The third kappa shape index (κ3) is 23.0. The van der Waals surface area contributed by atoms with Crippen LogP contribution in [0.1, 0.15) is 110 Å². The molecule has 1 N–H and O–H groups in total. The highest BCUT2D eigenvalue weighted by Crippen LogP contribution is 2.13. The fourth-order valence-electron chi connectivity index (χ4n) is 3.27. The number of alkyl carbamates (subject to hydrolysis) is 1. The minimum absolute atomic E-state index is 0.290. The Morgan fingerprint density at radius 2 is 1.21 bits per heavy atom. The molecule has 1 amide bonds. The molecular weight excluding hydrogens is 350 g/mol. The van der Waals surface area contributed by atoms with E-state index in [1.54, 1.807) is 6.08 Å². The summed E-state index contributed by atoms with van der Waals surface area (Å²) in [7, 11) is 0. The molecule has 4 nitrogen and oxygen atoms in total. The van der Waals surface area contributed by atoms with Gasteiger partial charge in [0.05, 0.1) is 13.2 Å². The van der Waals surface area contributed by atoms with Crippen molar-refractivity contribution in [2.75, 3.05) is 26.4 Å². The van der Waals surface area contributed by atoms with Crippen LogP contribution in [0.4, 0.5) is 4.79 Å². The molecule has 0 atom stereocenters. The maximum absolute atomic E-state index is 11.4. The van der Waals surface area contributed by atoms with Gasteiger partial charge in [0.25, 0.3) is 0 Å². The van der Waals surface area contributed by atoms with Crippen molar-refractivity contribution in [3.8, 4) is 0 Å². The molecule has 0 heterocycles. The van der Waals surface area contributed by atoms with Gasteiger partial charge in [0, 0.05) is 6.54 Å². The molecule has 166 valence electrons. The lowest BCUT2D eigenvalue weighted by Gasteiger charge is -2.07. The lowest BCUT2D eigenvalue weighted by Crippen LogP contribution is -2.26. The Bertz CT molecular complexity index is 334. The number of hydrogen-bond acceptors (Lipinski definition) is 3. The molecule has 4 heteroatoms. The van der Waals surface area contributed by atoms with Gasteiger partial charge in [0.15, 0.2) is 0 Å². The van der Waals surface area contributed by atoms with E-state index in [9.17, 15) is 4.79 Å². The summed E-state index contributed by atoms with van der Waals surface area (Å²) in [6.07, 6.45) is 23.1. The third-order valence-corrected chi connectivity index (χ3v) is 5.00. The zero-order valence-corrected chi connectivity index (χ0v) is 18.7. The van der Waals surface area contributed by atoms with Crippen LogP contribution in [0.5, 0.6) is 0 Å². The van der Waals surface area contributed by atoms with Crippen molar-refractivity contribution in [1.29, 1.82) is 0 Å². The van der Waals surface area contributed by atoms with Gasteiger partial charge in [-0.25, -0.2) is 4.79 Å². The molecule has 0 aromatic rings. The van der Waals surface area contributed by atoms with Gasteiger partial charge in [-0.1, -0.05) is 109 Å². The van der Waals surface area contributed by atoms with Gasteiger partial charge in [-0.2, -0.15) is 0 Å². The average Bonchev–Trinajstić information content (AvgIpc) is 2.70. The highest BCUT2D eigenvalue weighted by atomic mass is 16.6. The van der Waals surface area contributed by atoms with E-state index in [1.807, 2.05) is 0 Å². The molecule has 0 unspecified atom stereocenters. The van der Waals surface area contributed by atoms with E-state index in [4.69, 9.17) is 9.47 Å². The molecule has 0 bridgehead atoms. The first kappa shape index (κ1) is 27.0. The number of carbonyl (C=O) groups excluding carboxylic acids is 1. The molecule has 0 aromatic heterocycles. The molecule has 0 saturated heterocycles. The monoisotopic (exact) mass is 397 g/mol. The SMILES string of the molecule is C=CCOCCOC(=O)NCCCCCCCCCCCCCCCCCC. The van der Waals surface area contributed by atoms with Gasteiger partial charge in [-0.3, -0.25) is 0 Å². The Morgan fingerprint density at radius 3 is 1.68 bits per heavy atom. The highest BCUT2D eigenvalue weighted by molar-refractivity contribution is 5.66. The molecule has 0 aliphatic rings. The average molecular weight is 398 g/mol. The number of carbonyl (C=O) groups is 1. The fourth-order valence-corrected chi connectivity index (χ4v) is 3.27. The Labute approximate surface area is 174 Å². The smallest absolute Gasteiger partial charge is 0.407 e. The second kappa shape index (κ2) is 24.0. The standard InChI is InChI=1S/C24H47NO3/c1-3-5-6-7-8-9-10-11-12-13-14-15-16-17-18-19-20-25-24(26)28-23-22-27-21-4-2/h4H,2-3,5-23H2,1H3,(H,25,26). The number of ether oxygens (including phenoxy) is 2. The maximum atomic E-state index is 11.4. The molecule has 0 rings (SSSR count). The van der Waals surface area contributed by atoms with E-state index in [-0.39, 0.29) is 6.09 Å². The second-order valence-electron chi connectivity index (χ2n) is 7.73. The van der Waals surface area contributed by atoms with E-state index in [2.05, 4.69) is 18.8 Å². The lowest BCUT2D eigenvalue weighted by atomic mass is 10.0. The molecule has 0 aliphatic heterocycles. The van der Waals surface area contributed by atoms with Crippen molar-refractivity contribution in [2.24, 2.45) is 0 Å². The van der Waals surface area contributed by atoms with Gasteiger partial charge in [-0.15, -0.1) is 6.58 Å². The van der Waals surface area contributed by atoms with E-state index in [0.29, 0.717) is 26.4 Å². The van der Waals surface area contributed by atoms with Crippen molar-refractivity contribution >= 4 is 6.09 Å². The van der Waals surface area contributed by atoms with E-state index >= 15 is 0 Å². The molecule has 0 aromatic carbocycles. The zero-order chi connectivity index (χ0) is 20.5. The maximum Gasteiger partial charge on any atom is 0.407 e. The van der Waals surface area contributed by atoms with Crippen LogP contribution in [0, 0.1) is 0 Å². The van der Waals surface area contributed by atoms with Crippen molar-refractivity contribution in [3.05, 3.63) is 12.7 Å². The van der Waals surface area contributed by atoms with Crippen molar-refractivity contribution in [1.82, 2.24) is 5.32 Å². The third-order valence-electron chi connectivity index (χ3n) is 5.00. The summed E-state index contributed by atoms with van der Waals surface area (Å²) in [4.78, 5) is 11.4. The number of hydrogen-bond donors (Lipinski definition) is 1. The fraction of sp³-hybridized carbons (Fsp3) is 0.875. The summed E-state index contributed by atoms with van der Waals surface area (Å²) in [5.74, 6) is 0. The molecule has 0 fully saturated rings. The summed E-state index contributed by atoms with van der Waals surface area (Å²) in [6.45, 7) is 7.73.